The Hall–Kier alpha value is -0.860. The van der Waals surface area contributed by atoms with Gasteiger partial charge in [-0.05, 0) is 5.56 Å². The van der Waals surface area contributed by atoms with Crippen LogP contribution in [0.25, 0.3) is 0 Å². The molecule has 0 N–H and O–H groups in total. The minimum absolute atomic E-state index is 0.148. The summed E-state index contributed by atoms with van der Waals surface area (Å²) in [5, 5.41) is 0. The van der Waals surface area contributed by atoms with Crippen LogP contribution in [-0.2, 0) is 9.47 Å². The van der Waals surface area contributed by atoms with Gasteiger partial charge >= 0.3 is 0 Å². The van der Waals surface area contributed by atoms with Crippen molar-refractivity contribution >= 4 is 0 Å². The van der Waals surface area contributed by atoms with E-state index in [0.717, 1.165) is 13.2 Å². The molecule has 0 amide bonds. The van der Waals surface area contributed by atoms with Crippen molar-refractivity contribution in [1.82, 2.24) is 0 Å². The van der Waals surface area contributed by atoms with Crippen molar-refractivity contribution in [1.29, 1.82) is 0 Å². The van der Waals surface area contributed by atoms with E-state index in [1.165, 1.54) is 5.56 Å². The van der Waals surface area contributed by atoms with Gasteiger partial charge in [0.1, 0.15) is 0 Å². The van der Waals surface area contributed by atoms with Crippen molar-refractivity contribution in [3.63, 3.8) is 0 Å². The topological polar surface area (TPSA) is 18.5 Å². The summed E-state index contributed by atoms with van der Waals surface area (Å²) in [7, 11) is 0. The molecule has 0 radical (unpaired) electrons. The van der Waals surface area contributed by atoms with E-state index in [1.807, 2.05) is 0 Å². The lowest BCUT2D eigenvalue weighted by atomic mass is 9.95. The summed E-state index contributed by atoms with van der Waals surface area (Å²) in [6, 6.07) is 10.6. The molecule has 1 aromatic rings. The van der Waals surface area contributed by atoms with Gasteiger partial charge in [-0.2, -0.15) is 0 Å². The zero-order valence-corrected chi connectivity index (χ0v) is 10.8. The minimum Gasteiger partial charge on any atom is -0.348 e. The van der Waals surface area contributed by atoms with Gasteiger partial charge in [0.15, 0.2) is 5.79 Å². The van der Waals surface area contributed by atoms with Gasteiger partial charge in [-0.3, -0.25) is 0 Å². The van der Waals surface area contributed by atoms with E-state index in [9.17, 15) is 0 Å². The Morgan fingerprint density at radius 3 is 2.24 bits per heavy atom. The molecule has 2 atom stereocenters. The molecule has 2 heteroatoms. The van der Waals surface area contributed by atoms with Crippen molar-refractivity contribution in [2.75, 3.05) is 13.2 Å². The molecule has 1 saturated carbocycles. The van der Waals surface area contributed by atoms with Gasteiger partial charge in [0.05, 0.1) is 13.2 Å². The van der Waals surface area contributed by atoms with Crippen LogP contribution >= 0.6 is 0 Å². The predicted octanol–water partition coefficient (Wildman–Crippen LogP) is 3.19. The smallest absolute Gasteiger partial charge is 0.178 e. The molecule has 17 heavy (non-hydrogen) atoms. The van der Waals surface area contributed by atoms with Crippen molar-refractivity contribution in [2.24, 2.45) is 11.3 Å². The fourth-order valence-corrected chi connectivity index (χ4v) is 2.82. The number of rotatable bonds is 1. The third-order valence-corrected chi connectivity index (χ3v) is 3.99. The Morgan fingerprint density at radius 2 is 1.65 bits per heavy atom. The molecule has 0 aromatic heterocycles. The molecule has 0 unspecified atom stereocenters. The van der Waals surface area contributed by atoms with Crippen molar-refractivity contribution in [3.8, 4) is 0 Å². The van der Waals surface area contributed by atoms with Crippen molar-refractivity contribution in [2.45, 2.75) is 32.5 Å². The van der Waals surface area contributed by atoms with Crippen LogP contribution in [0.4, 0.5) is 0 Å². The molecule has 3 rings (SSSR count). The second-order valence-corrected chi connectivity index (χ2v) is 6.14. The molecule has 2 aliphatic rings. The lowest BCUT2D eigenvalue weighted by molar-refractivity contribution is -0.251. The summed E-state index contributed by atoms with van der Waals surface area (Å²) in [6.45, 7) is 8.17. The van der Waals surface area contributed by atoms with Gasteiger partial charge in [0.25, 0.3) is 0 Å². The summed E-state index contributed by atoms with van der Waals surface area (Å²) < 4.78 is 12.1. The lowest BCUT2D eigenvalue weighted by Crippen LogP contribution is -2.40. The Morgan fingerprint density at radius 1 is 1.06 bits per heavy atom. The van der Waals surface area contributed by atoms with Gasteiger partial charge in [0.2, 0.25) is 0 Å². The molecule has 2 fully saturated rings. The molecule has 1 aromatic carbocycles. The van der Waals surface area contributed by atoms with Crippen LogP contribution in [0.2, 0.25) is 0 Å². The van der Waals surface area contributed by atoms with Gasteiger partial charge in [-0.1, -0.05) is 51.1 Å². The predicted molar refractivity (Wildman–Crippen MR) is 66.8 cm³/mol. The first-order valence-electron chi connectivity index (χ1n) is 6.38. The highest BCUT2D eigenvalue weighted by Gasteiger charge is 2.67. The first kappa shape index (κ1) is 11.2. The van der Waals surface area contributed by atoms with Crippen LogP contribution in [0.5, 0.6) is 0 Å². The molecule has 1 spiro atoms. The third kappa shape index (κ3) is 1.71. The molecule has 2 nitrogen and oxygen atoms in total. The number of benzene rings is 1. The first-order chi connectivity index (χ1) is 8.05. The highest BCUT2D eigenvalue weighted by molar-refractivity contribution is 5.32. The van der Waals surface area contributed by atoms with Crippen molar-refractivity contribution in [3.05, 3.63) is 35.9 Å². The van der Waals surface area contributed by atoms with Gasteiger partial charge < -0.3 is 9.47 Å². The number of ether oxygens (including phenoxy) is 2. The average Bonchev–Trinajstić information content (AvgIpc) is 2.90. The highest BCUT2D eigenvalue weighted by Crippen LogP contribution is 2.62. The molecular weight excluding hydrogens is 212 g/mol. The van der Waals surface area contributed by atoms with E-state index >= 15 is 0 Å². The maximum Gasteiger partial charge on any atom is 0.178 e. The molecular formula is C15H20O2. The quantitative estimate of drug-likeness (QED) is 0.740. The summed E-state index contributed by atoms with van der Waals surface area (Å²) in [5.41, 5.74) is 1.48. The maximum absolute atomic E-state index is 6.05. The van der Waals surface area contributed by atoms with E-state index < -0.39 is 0 Å². The van der Waals surface area contributed by atoms with Crippen LogP contribution in [0, 0.1) is 11.3 Å². The van der Waals surface area contributed by atoms with Crippen LogP contribution in [0.3, 0.4) is 0 Å². The molecule has 1 aliphatic carbocycles. The van der Waals surface area contributed by atoms with Crippen LogP contribution in [-0.4, -0.2) is 19.0 Å². The molecule has 92 valence electrons. The Bertz CT molecular complexity index is 400. The molecule has 0 bridgehead atoms. The Labute approximate surface area is 103 Å². The third-order valence-electron chi connectivity index (χ3n) is 3.99. The van der Waals surface area contributed by atoms with Crippen LogP contribution in [0.15, 0.2) is 30.3 Å². The van der Waals surface area contributed by atoms with E-state index in [1.54, 1.807) is 0 Å². The van der Waals surface area contributed by atoms with E-state index in [0.29, 0.717) is 11.8 Å². The number of hydrogen-bond donors (Lipinski definition) is 0. The second kappa shape index (κ2) is 3.56. The monoisotopic (exact) mass is 232 g/mol. The molecule has 1 aliphatic heterocycles. The fourth-order valence-electron chi connectivity index (χ4n) is 2.82. The highest BCUT2D eigenvalue weighted by atomic mass is 16.7. The average molecular weight is 232 g/mol. The second-order valence-electron chi connectivity index (χ2n) is 6.14. The lowest BCUT2D eigenvalue weighted by Gasteiger charge is -2.36. The zero-order valence-electron chi connectivity index (χ0n) is 10.8. The first-order valence-corrected chi connectivity index (χ1v) is 6.38. The minimum atomic E-state index is -0.336. The summed E-state index contributed by atoms with van der Waals surface area (Å²) in [4.78, 5) is 0. The van der Waals surface area contributed by atoms with Gasteiger partial charge in [-0.15, -0.1) is 0 Å². The Kier molecular flexibility index (Phi) is 2.36. The number of hydrogen-bond acceptors (Lipinski definition) is 2. The van der Waals surface area contributed by atoms with Crippen molar-refractivity contribution < 1.29 is 9.47 Å². The summed E-state index contributed by atoms with van der Waals surface area (Å²) in [6.07, 6.45) is 0. The van der Waals surface area contributed by atoms with Gasteiger partial charge in [0, 0.05) is 17.3 Å². The Balaban J connectivity index is 1.79. The maximum atomic E-state index is 6.05. The normalized spacial score (nSPS) is 33.6. The summed E-state index contributed by atoms with van der Waals surface area (Å²) >= 11 is 0. The molecule has 1 saturated heterocycles. The van der Waals surface area contributed by atoms with Gasteiger partial charge in [-0.25, -0.2) is 0 Å². The summed E-state index contributed by atoms with van der Waals surface area (Å²) in [5.74, 6) is 0.525. The SMILES string of the molecule is C[C@H]1[C@@H](c2ccccc2)C12OCC(C)(C)CO2. The van der Waals surface area contributed by atoms with Crippen LogP contribution in [0.1, 0.15) is 32.3 Å². The standard InChI is InChI=1S/C15H20O2/c1-11-13(12-7-5-4-6-8-12)15(11)16-9-14(2,3)10-17-15/h4-8,11,13H,9-10H2,1-3H3/t11-,13-/m0/s1. The largest absolute Gasteiger partial charge is 0.348 e. The zero-order chi connectivity index (χ0) is 12.1. The molecule has 1 heterocycles. The van der Waals surface area contributed by atoms with E-state index in [-0.39, 0.29) is 11.2 Å². The van der Waals surface area contributed by atoms with Crippen LogP contribution < -0.4 is 0 Å². The van der Waals surface area contributed by atoms with E-state index in [2.05, 4.69) is 51.1 Å². The van der Waals surface area contributed by atoms with E-state index in [4.69, 9.17) is 9.47 Å². The fraction of sp³-hybridized carbons (Fsp3) is 0.600.